The molecule has 0 saturated carbocycles. The van der Waals surface area contributed by atoms with E-state index >= 15 is 0 Å². The summed E-state index contributed by atoms with van der Waals surface area (Å²) in [6.07, 6.45) is -4.76. The fourth-order valence-corrected chi connectivity index (χ4v) is 1.51. The lowest BCUT2D eigenvalue weighted by Gasteiger charge is -2.13. The summed E-state index contributed by atoms with van der Waals surface area (Å²) in [5.74, 6) is -0.447. The van der Waals surface area contributed by atoms with Crippen molar-refractivity contribution < 1.29 is 17.9 Å². The van der Waals surface area contributed by atoms with E-state index in [1.54, 1.807) is 6.07 Å². The molecule has 7 heteroatoms. The smallest absolute Gasteiger partial charge is 0.404 e. The zero-order valence-electron chi connectivity index (χ0n) is 7.44. The van der Waals surface area contributed by atoms with Crippen LogP contribution in [0.5, 0.6) is 5.75 Å². The monoisotopic (exact) mass is 284 g/mol. The summed E-state index contributed by atoms with van der Waals surface area (Å²) >= 11 is 3.04. The average Bonchev–Trinajstić information content (AvgIpc) is 2.08. The van der Waals surface area contributed by atoms with Gasteiger partial charge < -0.3 is 16.2 Å². The lowest BCUT2D eigenvalue weighted by molar-refractivity contribution is -0.274. The first-order valence-electron chi connectivity index (χ1n) is 3.87. The predicted octanol–water partition coefficient (Wildman–Crippen LogP) is 2.39. The Morgan fingerprint density at radius 2 is 1.93 bits per heavy atom. The molecule has 0 unspecified atom stereocenters. The molecule has 0 spiro atoms. The maximum atomic E-state index is 12.0. The number of anilines is 1. The number of ether oxygens (including phenoxy) is 1. The molecule has 0 radical (unpaired) electrons. The highest BCUT2D eigenvalue weighted by molar-refractivity contribution is 9.10. The van der Waals surface area contributed by atoms with Crippen molar-refractivity contribution in [2.45, 2.75) is 12.9 Å². The van der Waals surface area contributed by atoms with Crippen molar-refractivity contribution in [3.63, 3.8) is 0 Å². The molecule has 1 rings (SSSR count). The van der Waals surface area contributed by atoms with Crippen molar-refractivity contribution in [3.05, 3.63) is 22.2 Å². The topological polar surface area (TPSA) is 61.3 Å². The third kappa shape index (κ3) is 3.28. The van der Waals surface area contributed by atoms with Crippen molar-refractivity contribution in [3.8, 4) is 5.75 Å². The van der Waals surface area contributed by atoms with Gasteiger partial charge in [-0.05, 0) is 17.7 Å². The molecule has 0 atom stereocenters. The fraction of sp³-hybridized carbons (Fsp3) is 0.250. The van der Waals surface area contributed by atoms with Gasteiger partial charge in [-0.1, -0.05) is 15.9 Å². The Labute approximate surface area is 92.3 Å². The van der Waals surface area contributed by atoms with Crippen LogP contribution < -0.4 is 16.2 Å². The number of benzene rings is 1. The van der Waals surface area contributed by atoms with Crippen LogP contribution in [0.25, 0.3) is 0 Å². The highest BCUT2D eigenvalue weighted by atomic mass is 79.9. The normalized spacial score (nSPS) is 11.5. The summed E-state index contributed by atoms with van der Waals surface area (Å²) < 4.78 is 40.1. The second-order valence-corrected chi connectivity index (χ2v) is 3.64. The van der Waals surface area contributed by atoms with Crippen LogP contribution in [-0.2, 0) is 6.54 Å². The molecule has 0 saturated heterocycles. The largest absolute Gasteiger partial charge is 0.573 e. The van der Waals surface area contributed by atoms with Gasteiger partial charge in [-0.3, -0.25) is 0 Å². The van der Waals surface area contributed by atoms with Gasteiger partial charge in [-0.25, -0.2) is 0 Å². The maximum absolute atomic E-state index is 12.0. The Bertz CT molecular complexity index is 368. The Morgan fingerprint density at radius 1 is 1.33 bits per heavy atom. The van der Waals surface area contributed by atoms with Crippen LogP contribution in [0.4, 0.5) is 18.9 Å². The summed E-state index contributed by atoms with van der Waals surface area (Å²) in [6, 6.07) is 2.68. The van der Waals surface area contributed by atoms with Crippen LogP contribution in [0.2, 0.25) is 0 Å². The molecule has 0 fully saturated rings. The van der Waals surface area contributed by atoms with Crippen LogP contribution in [0.1, 0.15) is 5.56 Å². The van der Waals surface area contributed by atoms with Gasteiger partial charge in [0.1, 0.15) is 0 Å². The Balaban J connectivity index is 3.12. The SMILES string of the molecule is NCc1cc(Br)cc(OC(F)(F)F)c1N. The molecule has 1 aromatic carbocycles. The quantitative estimate of drug-likeness (QED) is 0.820. The van der Waals surface area contributed by atoms with Gasteiger partial charge in [0.2, 0.25) is 0 Å². The van der Waals surface area contributed by atoms with Gasteiger partial charge in [0.15, 0.2) is 5.75 Å². The van der Waals surface area contributed by atoms with Crippen LogP contribution in [0.3, 0.4) is 0 Å². The molecule has 0 bridgehead atoms. The lowest BCUT2D eigenvalue weighted by atomic mass is 10.1. The average molecular weight is 285 g/mol. The molecule has 0 aliphatic heterocycles. The first-order valence-corrected chi connectivity index (χ1v) is 4.66. The summed E-state index contributed by atoms with van der Waals surface area (Å²) in [7, 11) is 0. The number of hydrogen-bond acceptors (Lipinski definition) is 3. The van der Waals surface area contributed by atoms with Crippen molar-refractivity contribution in [1.29, 1.82) is 0 Å². The van der Waals surface area contributed by atoms with Crippen LogP contribution >= 0.6 is 15.9 Å². The number of halogens is 4. The van der Waals surface area contributed by atoms with Crippen LogP contribution in [0.15, 0.2) is 16.6 Å². The predicted molar refractivity (Wildman–Crippen MR) is 53.1 cm³/mol. The molecule has 15 heavy (non-hydrogen) atoms. The van der Waals surface area contributed by atoms with Crippen molar-refractivity contribution in [2.24, 2.45) is 5.73 Å². The standard InChI is InChI=1S/C8H8BrF3N2O/c9-5-1-4(3-13)7(14)6(2-5)15-8(10,11)12/h1-2H,3,13-14H2. The van der Waals surface area contributed by atoms with Gasteiger partial charge in [0.05, 0.1) is 5.69 Å². The van der Waals surface area contributed by atoms with E-state index < -0.39 is 12.1 Å². The van der Waals surface area contributed by atoms with E-state index in [0.29, 0.717) is 10.0 Å². The summed E-state index contributed by atoms with van der Waals surface area (Å²) in [5.41, 5.74) is 11.1. The van der Waals surface area contributed by atoms with Crippen LogP contribution in [0, 0.1) is 0 Å². The number of nitrogen functional groups attached to an aromatic ring is 1. The molecule has 4 N–H and O–H groups in total. The number of alkyl halides is 3. The molecule has 0 aromatic heterocycles. The highest BCUT2D eigenvalue weighted by Crippen LogP contribution is 2.33. The first-order chi connectivity index (χ1) is 6.83. The van der Waals surface area contributed by atoms with Crippen molar-refractivity contribution in [2.75, 3.05) is 5.73 Å². The molecular formula is C8H8BrF3N2O. The van der Waals surface area contributed by atoms with Crippen LogP contribution in [-0.4, -0.2) is 6.36 Å². The molecule has 1 aromatic rings. The van der Waals surface area contributed by atoms with E-state index in [9.17, 15) is 13.2 Å². The van der Waals surface area contributed by atoms with Gasteiger partial charge >= 0.3 is 6.36 Å². The van der Waals surface area contributed by atoms with E-state index in [2.05, 4.69) is 20.7 Å². The van der Waals surface area contributed by atoms with Gasteiger partial charge in [-0.2, -0.15) is 0 Å². The number of nitrogens with two attached hydrogens (primary N) is 2. The summed E-state index contributed by atoms with van der Waals surface area (Å²) in [5, 5.41) is 0. The van der Waals surface area contributed by atoms with Crippen molar-refractivity contribution in [1.82, 2.24) is 0 Å². The third-order valence-electron chi connectivity index (χ3n) is 1.64. The number of hydrogen-bond donors (Lipinski definition) is 2. The van der Waals surface area contributed by atoms with E-state index in [-0.39, 0.29) is 12.2 Å². The number of rotatable bonds is 2. The molecule has 3 nitrogen and oxygen atoms in total. The Morgan fingerprint density at radius 3 is 2.40 bits per heavy atom. The first kappa shape index (κ1) is 12.1. The zero-order valence-corrected chi connectivity index (χ0v) is 9.02. The second-order valence-electron chi connectivity index (χ2n) is 2.73. The van der Waals surface area contributed by atoms with Gasteiger partial charge in [0, 0.05) is 11.0 Å². The molecule has 0 amide bonds. The molecular weight excluding hydrogens is 277 g/mol. The summed E-state index contributed by atoms with van der Waals surface area (Å²) in [6.45, 7) is 0.0412. The minimum absolute atomic E-state index is 0.0412. The molecule has 0 aliphatic rings. The fourth-order valence-electron chi connectivity index (χ4n) is 1.03. The molecule has 0 heterocycles. The highest BCUT2D eigenvalue weighted by Gasteiger charge is 2.32. The molecule has 0 aliphatic carbocycles. The van der Waals surface area contributed by atoms with E-state index in [4.69, 9.17) is 11.5 Å². The van der Waals surface area contributed by atoms with E-state index in [0.717, 1.165) is 6.07 Å². The summed E-state index contributed by atoms with van der Waals surface area (Å²) in [4.78, 5) is 0. The maximum Gasteiger partial charge on any atom is 0.573 e. The van der Waals surface area contributed by atoms with Crippen molar-refractivity contribution >= 4 is 21.6 Å². The minimum Gasteiger partial charge on any atom is -0.404 e. The lowest BCUT2D eigenvalue weighted by Crippen LogP contribution is -2.18. The van der Waals surface area contributed by atoms with E-state index in [1.165, 1.54) is 0 Å². The Hall–Kier alpha value is -0.950. The van der Waals surface area contributed by atoms with Gasteiger partial charge in [0.25, 0.3) is 0 Å². The third-order valence-corrected chi connectivity index (χ3v) is 2.10. The Kier molecular flexibility index (Phi) is 3.46. The van der Waals surface area contributed by atoms with E-state index in [1.807, 2.05) is 0 Å². The van der Waals surface area contributed by atoms with Gasteiger partial charge in [-0.15, -0.1) is 13.2 Å². The molecule has 84 valence electrons. The minimum atomic E-state index is -4.76. The second kappa shape index (κ2) is 4.28. The zero-order chi connectivity index (χ0) is 11.6.